The maximum absolute atomic E-state index is 5.76. The molecule has 76 valence electrons. The molecule has 2 N–H and O–H groups in total. The lowest BCUT2D eigenvalue weighted by Crippen LogP contribution is -2.05. The van der Waals surface area contributed by atoms with Gasteiger partial charge in [-0.3, -0.25) is 4.98 Å². The highest BCUT2D eigenvalue weighted by atomic mass is 79.9. The van der Waals surface area contributed by atoms with Gasteiger partial charge in [-0.1, -0.05) is 13.8 Å². The Balaban J connectivity index is 2.31. The molecule has 1 aliphatic carbocycles. The van der Waals surface area contributed by atoms with Crippen molar-refractivity contribution < 1.29 is 0 Å². The third-order valence-electron chi connectivity index (χ3n) is 3.44. The van der Waals surface area contributed by atoms with Gasteiger partial charge in [0.05, 0.1) is 0 Å². The Kier molecular flexibility index (Phi) is 2.40. The van der Waals surface area contributed by atoms with Crippen LogP contribution in [0.2, 0.25) is 0 Å². The third-order valence-corrected chi connectivity index (χ3v) is 4.11. The largest absolute Gasteiger partial charge is 0.330 e. The Labute approximate surface area is 93.0 Å². The first-order valence-corrected chi connectivity index (χ1v) is 5.67. The summed E-state index contributed by atoms with van der Waals surface area (Å²) in [5, 5.41) is 0. The first-order valence-electron chi connectivity index (χ1n) is 4.88. The fourth-order valence-corrected chi connectivity index (χ4v) is 2.94. The van der Waals surface area contributed by atoms with E-state index in [4.69, 9.17) is 5.73 Å². The van der Waals surface area contributed by atoms with Gasteiger partial charge in [-0.05, 0) is 51.4 Å². The number of hydrogen-bond acceptors (Lipinski definition) is 2. The van der Waals surface area contributed by atoms with Crippen LogP contribution < -0.4 is 5.73 Å². The number of rotatable bonds is 2. The Bertz CT molecular complexity index is 349. The van der Waals surface area contributed by atoms with E-state index in [0.29, 0.717) is 17.3 Å². The van der Waals surface area contributed by atoms with Crippen molar-refractivity contribution in [1.29, 1.82) is 0 Å². The van der Waals surface area contributed by atoms with Gasteiger partial charge in [-0.25, -0.2) is 0 Å². The second-order valence-corrected chi connectivity index (χ2v) is 5.39. The highest BCUT2D eigenvalue weighted by Gasteiger charge is 2.57. The molecule has 1 fully saturated rings. The zero-order chi connectivity index (χ0) is 10.3. The molecule has 2 atom stereocenters. The predicted molar refractivity (Wildman–Crippen MR) is 61.0 cm³/mol. The van der Waals surface area contributed by atoms with Crippen molar-refractivity contribution in [2.75, 3.05) is 6.54 Å². The second kappa shape index (κ2) is 3.31. The van der Waals surface area contributed by atoms with Crippen molar-refractivity contribution in [1.82, 2.24) is 4.98 Å². The Morgan fingerprint density at radius 1 is 1.57 bits per heavy atom. The van der Waals surface area contributed by atoms with Crippen LogP contribution in [0.3, 0.4) is 0 Å². The molecule has 1 aliphatic rings. The molecule has 0 aliphatic heterocycles. The summed E-state index contributed by atoms with van der Waals surface area (Å²) >= 11 is 3.54. The van der Waals surface area contributed by atoms with Crippen molar-refractivity contribution >= 4 is 15.9 Å². The molecule has 0 unspecified atom stereocenters. The standard InChI is InChI=1S/C11H15BrN2/c1-11(2)8(5-13)10(11)7-3-4-14-6-9(7)12/h3-4,6,8,10H,5,13H2,1-2H3/t8-,10-/m0/s1. The fraction of sp³-hybridized carbons (Fsp3) is 0.545. The molecule has 3 heteroatoms. The van der Waals surface area contributed by atoms with E-state index in [9.17, 15) is 0 Å². The van der Waals surface area contributed by atoms with Crippen molar-refractivity contribution in [2.45, 2.75) is 19.8 Å². The zero-order valence-corrected chi connectivity index (χ0v) is 10.1. The number of aromatic nitrogens is 1. The SMILES string of the molecule is CC1(C)[C@@H](CN)[C@@H]1c1ccncc1Br. The predicted octanol–water partition coefficient (Wildman–Crippen LogP) is 2.54. The summed E-state index contributed by atoms with van der Waals surface area (Å²) in [6, 6.07) is 2.09. The van der Waals surface area contributed by atoms with Crippen molar-refractivity contribution in [2.24, 2.45) is 17.1 Å². The first kappa shape index (κ1) is 10.1. The Morgan fingerprint density at radius 2 is 2.29 bits per heavy atom. The molecule has 1 saturated carbocycles. The number of hydrogen-bond donors (Lipinski definition) is 1. The molecule has 2 rings (SSSR count). The van der Waals surface area contributed by atoms with Gasteiger partial charge in [0.25, 0.3) is 0 Å². The number of nitrogens with zero attached hydrogens (tertiary/aromatic N) is 1. The zero-order valence-electron chi connectivity index (χ0n) is 8.50. The van der Waals surface area contributed by atoms with Gasteiger partial charge in [0.15, 0.2) is 0 Å². The summed E-state index contributed by atoms with van der Waals surface area (Å²) in [6.45, 7) is 5.33. The molecule has 0 bridgehead atoms. The van der Waals surface area contributed by atoms with Gasteiger partial charge < -0.3 is 5.73 Å². The van der Waals surface area contributed by atoms with E-state index < -0.39 is 0 Å². The van der Waals surface area contributed by atoms with Crippen LogP contribution in [0.1, 0.15) is 25.3 Å². The molecule has 1 heterocycles. The fourth-order valence-electron chi connectivity index (χ4n) is 2.44. The van der Waals surface area contributed by atoms with E-state index in [1.807, 2.05) is 12.4 Å². The molecule has 0 spiro atoms. The van der Waals surface area contributed by atoms with Crippen LogP contribution in [0, 0.1) is 11.3 Å². The summed E-state index contributed by atoms with van der Waals surface area (Å²) in [4.78, 5) is 4.08. The lowest BCUT2D eigenvalue weighted by molar-refractivity contribution is 0.558. The summed E-state index contributed by atoms with van der Waals surface area (Å²) in [6.07, 6.45) is 3.71. The van der Waals surface area contributed by atoms with E-state index in [0.717, 1.165) is 11.0 Å². The number of pyridine rings is 1. The molecule has 0 saturated heterocycles. The molecule has 1 aromatic rings. The first-order chi connectivity index (χ1) is 6.59. The maximum atomic E-state index is 5.76. The molecule has 0 amide bonds. The van der Waals surface area contributed by atoms with Crippen LogP contribution in [0.25, 0.3) is 0 Å². The van der Waals surface area contributed by atoms with Gasteiger partial charge in [0.2, 0.25) is 0 Å². The molecule has 1 aromatic heterocycles. The van der Waals surface area contributed by atoms with Gasteiger partial charge in [-0.2, -0.15) is 0 Å². The summed E-state index contributed by atoms with van der Waals surface area (Å²) in [5.74, 6) is 1.20. The highest BCUT2D eigenvalue weighted by Crippen LogP contribution is 2.64. The van der Waals surface area contributed by atoms with Crippen molar-refractivity contribution in [3.8, 4) is 0 Å². The van der Waals surface area contributed by atoms with Gasteiger partial charge >= 0.3 is 0 Å². The second-order valence-electron chi connectivity index (χ2n) is 4.54. The monoisotopic (exact) mass is 254 g/mol. The van der Waals surface area contributed by atoms with Crippen LogP contribution in [0.5, 0.6) is 0 Å². The molecular formula is C11H15BrN2. The average Bonchev–Trinajstić information content (AvgIpc) is 2.69. The number of halogens is 1. The van der Waals surface area contributed by atoms with Crippen LogP contribution >= 0.6 is 15.9 Å². The molecule has 0 aromatic carbocycles. The van der Waals surface area contributed by atoms with E-state index in [2.05, 4.69) is 40.8 Å². The summed E-state index contributed by atoms with van der Waals surface area (Å²) in [7, 11) is 0. The van der Waals surface area contributed by atoms with E-state index in [1.165, 1.54) is 5.56 Å². The molecular weight excluding hydrogens is 240 g/mol. The minimum atomic E-state index is 0.346. The summed E-state index contributed by atoms with van der Waals surface area (Å²) in [5.41, 5.74) is 7.45. The van der Waals surface area contributed by atoms with E-state index in [-0.39, 0.29) is 0 Å². The normalized spacial score (nSPS) is 28.9. The quantitative estimate of drug-likeness (QED) is 0.881. The minimum Gasteiger partial charge on any atom is -0.330 e. The van der Waals surface area contributed by atoms with Crippen LogP contribution in [0.15, 0.2) is 22.9 Å². The third kappa shape index (κ3) is 1.39. The minimum absolute atomic E-state index is 0.346. The molecule has 0 radical (unpaired) electrons. The van der Waals surface area contributed by atoms with E-state index >= 15 is 0 Å². The van der Waals surface area contributed by atoms with Crippen molar-refractivity contribution in [3.63, 3.8) is 0 Å². The lowest BCUT2D eigenvalue weighted by Gasteiger charge is -2.04. The topological polar surface area (TPSA) is 38.9 Å². The van der Waals surface area contributed by atoms with Crippen LogP contribution in [-0.4, -0.2) is 11.5 Å². The lowest BCUT2D eigenvalue weighted by atomic mass is 10.0. The van der Waals surface area contributed by atoms with Crippen molar-refractivity contribution in [3.05, 3.63) is 28.5 Å². The smallest absolute Gasteiger partial charge is 0.0413 e. The van der Waals surface area contributed by atoms with Crippen LogP contribution in [0.4, 0.5) is 0 Å². The highest BCUT2D eigenvalue weighted by molar-refractivity contribution is 9.10. The van der Waals surface area contributed by atoms with Crippen LogP contribution in [-0.2, 0) is 0 Å². The van der Waals surface area contributed by atoms with Gasteiger partial charge in [0.1, 0.15) is 0 Å². The molecule has 14 heavy (non-hydrogen) atoms. The Hall–Kier alpha value is -0.410. The van der Waals surface area contributed by atoms with Gasteiger partial charge in [-0.15, -0.1) is 0 Å². The number of nitrogens with two attached hydrogens (primary N) is 1. The van der Waals surface area contributed by atoms with Gasteiger partial charge in [0, 0.05) is 16.9 Å². The summed E-state index contributed by atoms with van der Waals surface area (Å²) < 4.78 is 1.11. The Morgan fingerprint density at radius 3 is 2.79 bits per heavy atom. The van der Waals surface area contributed by atoms with E-state index in [1.54, 1.807) is 0 Å². The average molecular weight is 255 g/mol. The maximum Gasteiger partial charge on any atom is 0.0413 e. The molecule has 2 nitrogen and oxygen atoms in total.